The van der Waals surface area contributed by atoms with Crippen molar-refractivity contribution >= 4 is 23.1 Å². The molecule has 1 heterocycles. The van der Waals surface area contributed by atoms with Crippen LogP contribution in [0.25, 0.3) is 0 Å². The van der Waals surface area contributed by atoms with Crippen LogP contribution in [0.1, 0.15) is 40.9 Å². The van der Waals surface area contributed by atoms with E-state index in [4.69, 9.17) is 0 Å². The number of Topliss-reactive ketones (excluding diaryl/α,β-unsaturated/α-hetero) is 1. The molecule has 5 nitrogen and oxygen atoms in total. The lowest BCUT2D eigenvalue weighted by Gasteiger charge is -2.16. The van der Waals surface area contributed by atoms with Gasteiger partial charge in [-0.3, -0.25) is 14.6 Å². The monoisotopic (exact) mass is 453 g/mol. The van der Waals surface area contributed by atoms with Crippen LogP contribution in [0.3, 0.4) is 0 Å². The van der Waals surface area contributed by atoms with Crippen molar-refractivity contribution in [2.24, 2.45) is 5.41 Å². The van der Waals surface area contributed by atoms with Gasteiger partial charge in [-0.1, -0.05) is 30.3 Å². The van der Waals surface area contributed by atoms with Crippen LogP contribution in [-0.4, -0.2) is 16.7 Å². The average Bonchev–Trinajstić information content (AvgIpc) is 3.59. The number of anilines is 2. The largest absolute Gasteiger partial charge is 0.418 e. The molecule has 2 N–H and O–H groups in total. The molecule has 0 unspecified atom stereocenters. The number of ketones is 1. The maximum absolute atomic E-state index is 13.2. The van der Waals surface area contributed by atoms with E-state index in [1.54, 1.807) is 48.7 Å². The third-order valence-electron chi connectivity index (χ3n) is 5.70. The summed E-state index contributed by atoms with van der Waals surface area (Å²) in [7, 11) is 0. The third kappa shape index (κ3) is 5.39. The number of carbonyl (C=O) groups is 2. The van der Waals surface area contributed by atoms with E-state index in [1.807, 2.05) is 0 Å². The second-order valence-corrected chi connectivity index (χ2v) is 8.14. The second-order valence-electron chi connectivity index (χ2n) is 8.14. The van der Waals surface area contributed by atoms with E-state index in [0.29, 0.717) is 24.2 Å². The first-order chi connectivity index (χ1) is 15.8. The van der Waals surface area contributed by atoms with Gasteiger partial charge in [-0.25, -0.2) is 0 Å². The molecule has 2 aromatic carbocycles. The first-order valence-corrected chi connectivity index (χ1v) is 10.5. The number of nitrogens with zero attached hydrogens (tertiary/aromatic N) is 1. The van der Waals surface area contributed by atoms with Crippen molar-refractivity contribution < 1.29 is 22.8 Å². The minimum absolute atomic E-state index is 0.0284. The molecule has 0 spiro atoms. The maximum atomic E-state index is 13.2. The van der Waals surface area contributed by atoms with Gasteiger partial charge in [0.25, 0.3) is 0 Å². The molecule has 1 aliphatic carbocycles. The van der Waals surface area contributed by atoms with E-state index >= 15 is 0 Å². The Bertz CT molecular complexity index is 1140. The van der Waals surface area contributed by atoms with Gasteiger partial charge in [0.15, 0.2) is 5.78 Å². The number of alkyl halides is 3. The highest BCUT2D eigenvalue weighted by atomic mass is 19.4. The van der Waals surface area contributed by atoms with Gasteiger partial charge < -0.3 is 10.6 Å². The topological polar surface area (TPSA) is 71.1 Å². The lowest BCUT2D eigenvalue weighted by atomic mass is 9.96. The number of rotatable bonds is 8. The summed E-state index contributed by atoms with van der Waals surface area (Å²) in [5, 5.41) is 5.67. The number of halogens is 3. The fourth-order valence-corrected chi connectivity index (χ4v) is 3.63. The quantitative estimate of drug-likeness (QED) is 0.441. The van der Waals surface area contributed by atoms with Gasteiger partial charge >= 0.3 is 6.18 Å². The van der Waals surface area contributed by atoms with E-state index in [2.05, 4.69) is 15.6 Å². The number of para-hydroxylation sites is 1. The van der Waals surface area contributed by atoms with Gasteiger partial charge in [-0.15, -0.1) is 0 Å². The first-order valence-electron chi connectivity index (χ1n) is 10.5. The van der Waals surface area contributed by atoms with Crippen molar-refractivity contribution in [3.05, 3.63) is 89.7 Å². The zero-order valence-corrected chi connectivity index (χ0v) is 17.7. The molecule has 4 rings (SSSR count). The maximum Gasteiger partial charge on any atom is 0.418 e. The van der Waals surface area contributed by atoms with Crippen molar-refractivity contribution in [2.45, 2.75) is 32.0 Å². The van der Waals surface area contributed by atoms with Crippen LogP contribution in [0.4, 0.5) is 24.5 Å². The Balaban J connectivity index is 1.34. The van der Waals surface area contributed by atoms with E-state index in [1.165, 1.54) is 18.2 Å². The lowest BCUT2D eigenvalue weighted by Crippen LogP contribution is -2.33. The number of nitrogens with one attached hydrogen (secondary N) is 2. The number of hydrogen-bond acceptors (Lipinski definition) is 4. The van der Waals surface area contributed by atoms with Gasteiger partial charge in [-0.05, 0) is 54.8 Å². The molecule has 1 aromatic heterocycles. The fourth-order valence-electron chi connectivity index (χ4n) is 3.63. The van der Waals surface area contributed by atoms with Crippen LogP contribution in [-0.2, 0) is 17.5 Å². The SMILES string of the molecule is O=C(CC1(C(=O)NCc2ccc(Nc3ccccc3C(F)(F)F)cc2)CC1)c1ccccn1. The number of carbonyl (C=O) groups excluding carboxylic acids is 2. The van der Waals surface area contributed by atoms with E-state index in [0.717, 1.165) is 11.6 Å². The second kappa shape index (κ2) is 9.05. The summed E-state index contributed by atoms with van der Waals surface area (Å²) >= 11 is 0. The van der Waals surface area contributed by atoms with Gasteiger partial charge in [0.1, 0.15) is 5.69 Å². The van der Waals surface area contributed by atoms with E-state index in [9.17, 15) is 22.8 Å². The molecule has 0 radical (unpaired) electrons. The lowest BCUT2D eigenvalue weighted by molar-refractivity contribution is -0.137. The molecule has 0 saturated heterocycles. The molecule has 8 heteroatoms. The molecule has 1 saturated carbocycles. The zero-order chi connectivity index (χ0) is 23.5. The molecule has 3 aromatic rings. The van der Waals surface area contributed by atoms with Crippen LogP contribution >= 0.6 is 0 Å². The van der Waals surface area contributed by atoms with Gasteiger partial charge in [0, 0.05) is 24.8 Å². The Morgan fingerprint density at radius 1 is 0.939 bits per heavy atom. The summed E-state index contributed by atoms with van der Waals surface area (Å²) in [6, 6.07) is 17.2. The van der Waals surface area contributed by atoms with Gasteiger partial charge in [-0.2, -0.15) is 13.2 Å². The molecular weight excluding hydrogens is 431 g/mol. The number of benzene rings is 2. The molecule has 1 fully saturated rings. The average molecular weight is 453 g/mol. The number of aromatic nitrogens is 1. The molecule has 0 aliphatic heterocycles. The van der Waals surface area contributed by atoms with Crippen LogP contribution in [0.5, 0.6) is 0 Å². The fraction of sp³-hybridized carbons (Fsp3) is 0.240. The summed E-state index contributed by atoms with van der Waals surface area (Å²) in [5.41, 5.74) is 0.200. The van der Waals surface area contributed by atoms with E-state index in [-0.39, 0.29) is 30.3 Å². The minimum Gasteiger partial charge on any atom is -0.355 e. The van der Waals surface area contributed by atoms with Crippen LogP contribution in [0.15, 0.2) is 72.9 Å². The van der Waals surface area contributed by atoms with Crippen LogP contribution in [0.2, 0.25) is 0 Å². The smallest absolute Gasteiger partial charge is 0.355 e. The molecule has 170 valence electrons. The molecule has 0 atom stereocenters. The Labute approximate surface area is 189 Å². The van der Waals surface area contributed by atoms with E-state index < -0.39 is 17.2 Å². The first kappa shape index (κ1) is 22.5. The molecule has 1 amide bonds. The highest BCUT2D eigenvalue weighted by Crippen LogP contribution is 2.49. The predicted molar refractivity (Wildman–Crippen MR) is 118 cm³/mol. The highest BCUT2D eigenvalue weighted by molar-refractivity contribution is 5.99. The van der Waals surface area contributed by atoms with Crippen LogP contribution in [0, 0.1) is 5.41 Å². The van der Waals surface area contributed by atoms with Gasteiger partial charge in [0.2, 0.25) is 5.91 Å². The summed E-state index contributed by atoms with van der Waals surface area (Å²) in [5.74, 6) is -0.328. The van der Waals surface area contributed by atoms with Gasteiger partial charge in [0.05, 0.1) is 16.7 Å². The third-order valence-corrected chi connectivity index (χ3v) is 5.70. The highest BCUT2D eigenvalue weighted by Gasteiger charge is 2.51. The molecular formula is C25H22F3N3O2. The zero-order valence-electron chi connectivity index (χ0n) is 17.7. The van der Waals surface area contributed by atoms with Crippen molar-refractivity contribution in [2.75, 3.05) is 5.32 Å². The minimum atomic E-state index is -4.45. The predicted octanol–water partition coefficient (Wildman–Crippen LogP) is 5.51. The summed E-state index contributed by atoms with van der Waals surface area (Å²) in [4.78, 5) is 29.2. The molecule has 1 aliphatic rings. The Hall–Kier alpha value is -3.68. The Morgan fingerprint density at radius 3 is 2.27 bits per heavy atom. The Kier molecular flexibility index (Phi) is 6.18. The van der Waals surface area contributed by atoms with Crippen molar-refractivity contribution in [3.63, 3.8) is 0 Å². The summed E-state index contributed by atoms with van der Waals surface area (Å²) in [6.07, 6.45) is -1.48. The van der Waals surface area contributed by atoms with Crippen molar-refractivity contribution in [1.29, 1.82) is 0 Å². The number of pyridine rings is 1. The van der Waals surface area contributed by atoms with Crippen molar-refractivity contribution in [1.82, 2.24) is 10.3 Å². The standard InChI is InChI=1S/C25H22F3N3O2/c26-25(27,28)19-5-1-2-6-20(19)31-18-10-8-17(9-11-18)16-30-23(33)24(12-13-24)15-22(32)21-7-3-4-14-29-21/h1-11,14,31H,12-13,15-16H2,(H,30,33). The Morgan fingerprint density at radius 2 is 1.64 bits per heavy atom. The van der Waals surface area contributed by atoms with Crippen LogP contribution < -0.4 is 10.6 Å². The number of hydrogen-bond donors (Lipinski definition) is 2. The summed E-state index contributed by atoms with van der Waals surface area (Å²) in [6.45, 7) is 0.262. The molecule has 33 heavy (non-hydrogen) atoms. The van der Waals surface area contributed by atoms with Crippen molar-refractivity contribution in [3.8, 4) is 0 Å². The summed E-state index contributed by atoms with van der Waals surface area (Å²) < 4.78 is 39.5. The number of amides is 1. The normalized spacial score (nSPS) is 14.4. The molecule has 0 bridgehead atoms.